The van der Waals surface area contributed by atoms with Gasteiger partial charge in [-0.2, -0.15) is 0 Å². The molecule has 4 nitrogen and oxygen atoms in total. The lowest BCUT2D eigenvalue weighted by atomic mass is 9.94. The zero-order valence-corrected chi connectivity index (χ0v) is 13.9. The Bertz CT molecular complexity index is 549. The predicted molar refractivity (Wildman–Crippen MR) is 90.2 cm³/mol. The standard InChI is InChI=1S/C18H27N3O/c1-18(2,20-11-6-13-21-14-12-19-15-21)10-9-16-7-4-5-8-17(16)22-3/h4-5,7-8,12,14-15,20H,6,9-11,13H2,1-3H3. The van der Waals surface area contributed by atoms with Gasteiger partial charge in [-0.1, -0.05) is 18.2 Å². The molecule has 1 N–H and O–H groups in total. The van der Waals surface area contributed by atoms with Crippen molar-refractivity contribution in [1.82, 2.24) is 14.9 Å². The molecule has 0 aliphatic heterocycles. The van der Waals surface area contributed by atoms with E-state index in [1.165, 1.54) is 5.56 Å². The molecule has 0 saturated heterocycles. The average molecular weight is 301 g/mol. The number of ether oxygens (including phenoxy) is 1. The summed E-state index contributed by atoms with van der Waals surface area (Å²) in [4.78, 5) is 4.06. The molecule has 0 unspecified atom stereocenters. The van der Waals surface area contributed by atoms with Gasteiger partial charge >= 0.3 is 0 Å². The fourth-order valence-corrected chi connectivity index (χ4v) is 2.55. The Morgan fingerprint density at radius 2 is 2.09 bits per heavy atom. The van der Waals surface area contributed by atoms with Gasteiger partial charge in [0, 0.05) is 24.5 Å². The van der Waals surface area contributed by atoms with E-state index in [2.05, 4.69) is 40.8 Å². The maximum absolute atomic E-state index is 5.42. The van der Waals surface area contributed by atoms with Crippen LogP contribution in [0.3, 0.4) is 0 Å². The molecule has 4 heteroatoms. The van der Waals surface area contributed by atoms with Crippen LogP contribution in [0, 0.1) is 0 Å². The molecule has 22 heavy (non-hydrogen) atoms. The van der Waals surface area contributed by atoms with Crippen molar-refractivity contribution in [2.45, 2.75) is 45.2 Å². The van der Waals surface area contributed by atoms with Crippen LogP contribution in [0.5, 0.6) is 5.75 Å². The minimum absolute atomic E-state index is 0.121. The molecule has 2 aromatic rings. The number of nitrogens with one attached hydrogen (secondary N) is 1. The van der Waals surface area contributed by atoms with Crippen LogP contribution < -0.4 is 10.1 Å². The second-order valence-electron chi connectivity index (χ2n) is 6.28. The number of aromatic nitrogens is 2. The van der Waals surface area contributed by atoms with Gasteiger partial charge in [-0.15, -0.1) is 0 Å². The van der Waals surface area contributed by atoms with Crippen molar-refractivity contribution in [3.8, 4) is 5.75 Å². The zero-order chi connectivity index (χ0) is 15.8. The van der Waals surface area contributed by atoms with Crippen molar-refractivity contribution >= 4 is 0 Å². The van der Waals surface area contributed by atoms with Crippen molar-refractivity contribution in [2.24, 2.45) is 0 Å². The molecule has 1 aromatic carbocycles. The molecule has 1 heterocycles. The maximum Gasteiger partial charge on any atom is 0.122 e. The molecule has 0 atom stereocenters. The number of rotatable bonds is 9. The molecule has 2 rings (SSSR count). The van der Waals surface area contributed by atoms with E-state index in [1.54, 1.807) is 7.11 Å². The summed E-state index contributed by atoms with van der Waals surface area (Å²) in [5, 5.41) is 3.65. The summed E-state index contributed by atoms with van der Waals surface area (Å²) in [7, 11) is 1.73. The summed E-state index contributed by atoms with van der Waals surface area (Å²) < 4.78 is 7.54. The van der Waals surface area contributed by atoms with Gasteiger partial charge in [-0.3, -0.25) is 0 Å². The van der Waals surface area contributed by atoms with E-state index < -0.39 is 0 Å². The molecule has 0 bridgehead atoms. The second-order valence-corrected chi connectivity index (χ2v) is 6.28. The van der Waals surface area contributed by atoms with Gasteiger partial charge in [0.25, 0.3) is 0 Å². The predicted octanol–water partition coefficient (Wildman–Crippen LogP) is 3.28. The Morgan fingerprint density at radius 3 is 2.82 bits per heavy atom. The van der Waals surface area contributed by atoms with Crippen LogP contribution in [-0.4, -0.2) is 28.7 Å². The van der Waals surface area contributed by atoms with Gasteiger partial charge in [0.05, 0.1) is 13.4 Å². The highest BCUT2D eigenvalue weighted by Gasteiger charge is 2.17. The van der Waals surface area contributed by atoms with E-state index in [0.717, 1.165) is 38.1 Å². The number of nitrogens with zero attached hydrogens (tertiary/aromatic N) is 2. The van der Waals surface area contributed by atoms with Gasteiger partial charge in [-0.05, 0) is 51.3 Å². The second kappa shape index (κ2) is 7.99. The van der Waals surface area contributed by atoms with E-state index in [-0.39, 0.29) is 5.54 Å². The zero-order valence-electron chi connectivity index (χ0n) is 13.9. The lowest BCUT2D eigenvalue weighted by molar-refractivity contribution is 0.352. The van der Waals surface area contributed by atoms with E-state index in [0.29, 0.717) is 0 Å². The largest absolute Gasteiger partial charge is 0.496 e. The first kappa shape index (κ1) is 16.6. The lowest BCUT2D eigenvalue weighted by Crippen LogP contribution is -2.40. The third-order valence-corrected chi connectivity index (χ3v) is 3.97. The number of hydrogen-bond acceptors (Lipinski definition) is 3. The summed E-state index contributed by atoms with van der Waals surface area (Å²) in [5.41, 5.74) is 1.40. The highest BCUT2D eigenvalue weighted by Crippen LogP contribution is 2.21. The van der Waals surface area contributed by atoms with Crippen LogP contribution in [0.25, 0.3) is 0 Å². The molecule has 0 aliphatic carbocycles. The van der Waals surface area contributed by atoms with Crippen LogP contribution >= 0.6 is 0 Å². The Balaban J connectivity index is 1.73. The number of methoxy groups -OCH3 is 1. The van der Waals surface area contributed by atoms with E-state index in [4.69, 9.17) is 4.74 Å². The van der Waals surface area contributed by atoms with Crippen molar-refractivity contribution < 1.29 is 4.74 Å². The smallest absolute Gasteiger partial charge is 0.122 e. The first-order valence-electron chi connectivity index (χ1n) is 7.93. The van der Waals surface area contributed by atoms with Crippen LogP contribution in [0.4, 0.5) is 0 Å². The molecule has 0 amide bonds. The van der Waals surface area contributed by atoms with Crippen molar-refractivity contribution in [3.05, 3.63) is 48.5 Å². The molecule has 0 spiro atoms. The third-order valence-electron chi connectivity index (χ3n) is 3.97. The Morgan fingerprint density at radius 1 is 1.27 bits per heavy atom. The normalized spacial score (nSPS) is 11.6. The minimum atomic E-state index is 0.121. The summed E-state index contributed by atoms with van der Waals surface area (Å²) >= 11 is 0. The Hall–Kier alpha value is -1.81. The summed E-state index contributed by atoms with van der Waals surface area (Å²) in [6, 6.07) is 8.26. The molecule has 0 saturated carbocycles. The van der Waals surface area contributed by atoms with Gasteiger partial charge in [0.15, 0.2) is 0 Å². The molecule has 0 aliphatic rings. The fourth-order valence-electron chi connectivity index (χ4n) is 2.55. The van der Waals surface area contributed by atoms with Crippen molar-refractivity contribution in [3.63, 3.8) is 0 Å². The Labute approximate surface area is 133 Å². The highest BCUT2D eigenvalue weighted by molar-refractivity contribution is 5.33. The number of para-hydroxylation sites is 1. The number of aryl methyl sites for hydroxylation is 2. The summed E-state index contributed by atoms with van der Waals surface area (Å²) in [6.07, 6.45) is 8.91. The molecule has 120 valence electrons. The lowest BCUT2D eigenvalue weighted by Gasteiger charge is -2.27. The number of benzene rings is 1. The van der Waals surface area contributed by atoms with E-state index in [9.17, 15) is 0 Å². The molecular weight excluding hydrogens is 274 g/mol. The van der Waals surface area contributed by atoms with Crippen molar-refractivity contribution in [1.29, 1.82) is 0 Å². The molecular formula is C18H27N3O. The third kappa shape index (κ3) is 5.19. The van der Waals surface area contributed by atoms with Crippen LogP contribution in [0.2, 0.25) is 0 Å². The van der Waals surface area contributed by atoms with E-state index >= 15 is 0 Å². The minimum Gasteiger partial charge on any atom is -0.496 e. The Kier molecular flexibility index (Phi) is 6.01. The summed E-state index contributed by atoms with van der Waals surface area (Å²) in [6.45, 7) is 6.55. The fraction of sp³-hybridized carbons (Fsp3) is 0.500. The highest BCUT2D eigenvalue weighted by atomic mass is 16.5. The topological polar surface area (TPSA) is 39.1 Å². The van der Waals surface area contributed by atoms with Gasteiger partial charge in [-0.25, -0.2) is 4.98 Å². The number of hydrogen-bond donors (Lipinski definition) is 1. The van der Waals surface area contributed by atoms with Gasteiger partial charge in [0.1, 0.15) is 5.75 Å². The molecule has 0 fully saturated rings. The first-order chi connectivity index (χ1) is 10.6. The molecule has 1 aromatic heterocycles. The van der Waals surface area contributed by atoms with Gasteiger partial charge in [0.2, 0.25) is 0 Å². The van der Waals surface area contributed by atoms with Crippen molar-refractivity contribution in [2.75, 3.05) is 13.7 Å². The van der Waals surface area contributed by atoms with E-state index in [1.807, 2.05) is 30.9 Å². The molecule has 0 radical (unpaired) electrons. The van der Waals surface area contributed by atoms with Crippen LogP contribution in [0.1, 0.15) is 32.3 Å². The van der Waals surface area contributed by atoms with Gasteiger partial charge < -0.3 is 14.6 Å². The van der Waals surface area contributed by atoms with Crippen LogP contribution in [0.15, 0.2) is 43.0 Å². The quantitative estimate of drug-likeness (QED) is 0.722. The van der Waals surface area contributed by atoms with Crippen LogP contribution in [-0.2, 0) is 13.0 Å². The number of imidazole rings is 1. The monoisotopic (exact) mass is 301 g/mol. The first-order valence-corrected chi connectivity index (χ1v) is 7.93. The average Bonchev–Trinajstić information content (AvgIpc) is 3.03. The SMILES string of the molecule is COc1ccccc1CCC(C)(C)NCCCn1ccnc1. The summed E-state index contributed by atoms with van der Waals surface area (Å²) in [5.74, 6) is 0.985. The maximum atomic E-state index is 5.42.